The number of alkyl halides is 3. The standard InChI is InChI=1S/C20H14ClF4N3O3/c1-9-11(3-2-4-13(9)22)17-12-7-10(21)5-6-14(12)28-18(15(31-17)8-16(29)30)26-27-19(28)20(23,24)25/h2-7,15,17H,8H2,1H3,(H,29,30)/t15-,17-/m1/s1. The van der Waals surface area contributed by atoms with E-state index in [1.165, 1.54) is 37.3 Å². The van der Waals surface area contributed by atoms with Crippen LogP contribution >= 0.6 is 11.6 Å². The van der Waals surface area contributed by atoms with Gasteiger partial charge in [-0.2, -0.15) is 13.2 Å². The van der Waals surface area contributed by atoms with Gasteiger partial charge >= 0.3 is 12.1 Å². The van der Waals surface area contributed by atoms with E-state index >= 15 is 0 Å². The minimum absolute atomic E-state index is 0.0123. The molecule has 6 nitrogen and oxygen atoms in total. The molecule has 1 aliphatic heterocycles. The van der Waals surface area contributed by atoms with E-state index in [0.717, 1.165) is 4.57 Å². The molecular weight excluding hydrogens is 442 g/mol. The molecule has 2 aromatic carbocycles. The van der Waals surface area contributed by atoms with Crippen LogP contribution < -0.4 is 0 Å². The molecular formula is C20H14ClF4N3O3. The quantitative estimate of drug-likeness (QED) is 0.561. The fourth-order valence-electron chi connectivity index (χ4n) is 3.61. The summed E-state index contributed by atoms with van der Waals surface area (Å²) in [5.74, 6) is -3.51. The predicted molar refractivity (Wildman–Crippen MR) is 100 cm³/mol. The second-order valence-corrected chi connectivity index (χ2v) is 7.41. The van der Waals surface area contributed by atoms with Gasteiger partial charge in [-0.05, 0) is 42.3 Å². The predicted octanol–water partition coefficient (Wildman–Crippen LogP) is 5.02. The molecule has 11 heteroatoms. The van der Waals surface area contributed by atoms with Crippen molar-refractivity contribution in [3.63, 3.8) is 0 Å². The van der Waals surface area contributed by atoms with E-state index in [1.54, 1.807) is 6.07 Å². The number of carboxylic acids is 1. The molecule has 31 heavy (non-hydrogen) atoms. The van der Waals surface area contributed by atoms with Crippen LogP contribution in [-0.4, -0.2) is 25.8 Å². The highest BCUT2D eigenvalue weighted by Gasteiger charge is 2.43. The monoisotopic (exact) mass is 455 g/mol. The van der Waals surface area contributed by atoms with Crippen molar-refractivity contribution in [2.45, 2.75) is 31.7 Å². The van der Waals surface area contributed by atoms with Crippen LogP contribution in [0.2, 0.25) is 5.02 Å². The SMILES string of the molecule is Cc1c(F)cccc1[C@H]1O[C@H](CC(=O)O)c2nnc(C(F)(F)F)n2-c2ccc(Cl)cc21. The van der Waals surface area contributed by atoms with Crippen LogP contribution in [0.25, 0.3) is 5.69 Å². The van der Waals surface area contributed by atoms with E-state index in [4.69, 9.17) is 16.3 Å². The van der Waals surface area contributed by atoms with E-state index in [1.807, 2.05) is 0 Å². The van der Waals surface area contributed by atoms with E-state index in [2.05, 4.69) is 10.2 Å². The number of halogens is 5. The largest absolute Gasteiger partial charge is 0.481 e. The first-order valence-corrected chi connectivity index (χ1v) is 9.40. The molecule has 0 aliphatic carbocycles. The van der Waals surface area contributed by atoms with Gasteiger partial charge in [-0.15, -0.1) is 10.2 Å². The summed E-state index contributed by atoms with van der Waals surface area (Å²) in [5, 5.41) is 16.4. The molecule has 1 N–H and O–H groups in total. The first-order chi connectivity index (χ1) is 14.6. The van der Waals surface area contributed by atoms with Gasteiger partial charge in [0, 0.05) is 10.6 Å². The zero-order chi connectivity index (χ0) is 22.5. The van der Waals surface area contributed by atoms with Gasteiger partial charge in [-0.3, -0.25) is 9.36 Å². The molecule has 0 amide bonds. The fraction of sp³-hybridized carbons (Fsp3) is 0.250. The number of fused-ring (bicyclic) bond motifs is 3. The first kappa shape index (κ1) is 21.3. The van der Waals surface area contributed by atoms with Crippen molar-refractivity contribution in [3.05, 3.63) is 75.6 Å². The van der Waals surface area contributed by atoms with Crippen molar-refractivity contribution in [2.75, 3.05) is 0 Å². The lowest BCUT2D eigenvalue weighted by Gasteiger charge is -2.23. The van der Waals surface area contributed by atoms with Gasteiger partial charge in [0.2, 0.25) is 5.82 Å². The Morgan fingerprint density at radius 3 is 2.65 bits per heavy atom. The Kier molecular flexibility index (Phi) is 5.22. The van der Waals surface area contributed by atoms with Gasteiger partial charge in [0.15, 0.2) is 5.82 Å². The van der Waals surface area contributed by atoms with Crippen LogP contribution in [0.1, 0.15) is 47.0 Å². The third-order valence-electron chi connectivity index (χ3n) is 4.99. The molecule has 3 aromatic rings. The van der Waals surface area contributed by atoms with Crippen LogP contribution in [0.4, 0.5) is 17.6 Å². The summed E-state index contributed by atoms with van der Waals surface area (Å²) in [7, 11) is 0. The zero-order valence-corrected chi connectivity index (χ0v) is 16.6. The summed E-state index contributed by atoms with van der Waals surface area (Å²) in [4.78, 5) is 11.4. The Balaban J connectivity index is 2.04. The van der Waals surface area contributed by atoms with Crippen molar-refractivity contribution in [2.24, 2.45) is 0 Å². The highest BCUT2D eigenvalue weighted by molar-refractivity contribution is 6.30. The van der Waals surface area contributed by atoms with Gasteiger partial charge in [0.05, 0.1) is 12.1 Å². The summed E-state index contributed by atoms with van der Waals surface area (Å²) >= 11 is 6.12. The minimum atomic E-state index is -4.87. The maximum absolute atomic E-state index is 14.3. The van der Waals surface area contributed by atoms with Crippen molar-refractivity contribution >= 4 is 17.6 Å². The summed E-state index contributed by atoms with van der Waals surface area (Å²) < 4.78 is 62.0. The molecule has 0 spiro atoms. The van der Waals surface area contributed by atoms with Gasteiger partial charge in [-0.1, -0.05) is 23.7 Å². The Labute approximate surface area is 178 Å². The van der Waals surface area contributed by atoms with Crippen molar-refractivity contribution in [1.82, 2.24) is 14.8 Å². The molecule has 0 fully saturated rings. The smallest absolute Gasteiger partial charge is 0.452 e. The topological polar surface area (TPSA) is 77.2 Å². The molecule has 1 aromatic heterocycles. The summed E-state index contributed by atoms with van der Waals surface area (Å²) in [6, 6.07) is 8.36. The molecule has 0 saturated carbocycles. The lowest BCUT2D eigenvalue weighted by molar-refractivity contribution is -0.146. The molecule has 4 rings (SSSR count). The number of hydrogen-bond donors (Lipinski definition) is 1. The Hall–Kier alpha value is -2.98. The van der Waals surface area contributed by atoms with Crippen molar-refractivity contribution in [3.8, 4) is 5.69 Å². The van der Waals surface area contributed by atoms with Crippen LogP contribution in [0.5, 0.6) is 0 Å². The lowest BCUT2D eigenvalue weighted by Crippen LogP contribution is -2.17. The molecule has 0 unspecified atom stereocenters. The maximum Gasteiger partial charge on any atom is 0.452 e. The Morgan fingerprint density at radius 2 is 1.97 bits per heavy atom. The van der Waals surface area contributed by atoms with E-state index in [0.29, 0.717) is 5.56 Å². The highest BCUT2D eigenvalue weighted by Crippen LogP contribution is 2.44. The molecule has 2 heterocycles. The van der Waals surface area contributed by atoms with Crippen LogP contribution in [0, 0.1) is 12.7 Å². The summed E-state index contributed by atoms with van der Waals surface area (Å²) in [5.41, 5.74) is 0.742. The summed E-state index contributed by atoms with van der Waals surface area (Å²) in [6.07, 6.45) is -8.04. The number of rotatable bonds is 3. The van der Waals surface area contributed by atoms with Crippen LogP contribution in [0.3, 0.4) is 0 Å². The van der Waals surface area contributed by atoms with Gasteiger partial charge in [0.25, 0.3) is 0 Å². The van der Waals surface area contributed by atoms with Crippen molar-refractivity contribution < 1.29 is 32.2 Å². The van der Waals surface area contributed by atoms with Crippen molar-refractivity contribution in [1.29, 1.82) is 0 Å². The molecule has 0 radical (unpaired) electrons. The number of carboxylic acid groups (broad SMARTS) is 1. The lowest BCUT2D eigenvalue weighted by atomic mass is 9.95. The molecule has 0 saturated heterocycles. The third kappa shape index (κ3) is 3.77. The number of carbonyl (C=O) groups is 1. The number of aliphatic carboxylic acids is 1. The fourth-order valence-corrected chi connectivity index (χ4v) is 3.79. The molecule has 1 aliphatic rings. The van der Waals surface area contributed by atoms with E-state index < -0.39 is 42.4 Å². The Morgan fingerprint density at radius 1 is 1.23 bits per heavy atom. The van der Waals surface area contributed by atoms with Crippen LogP contribution in [-0.2, 0) is 15.7 Å². The van der Waals surface area contributed by atoms with Gasteiger partial charge < -0.3 is 9.84 Å². The first-order valence-electron chi connectivity index (χ1n) is 9.02. The average Bonchev–Trinajstić information content (AvgIpc) is 3.08. The number of ether oxygens (including phenoxy) is 1. The minimum Gasteiger partial charge on any atom is -0.481 e. The highest BCUT2D eigenvalue weighted by atomic mass is 35.5. The second kappa shape index (κ2) is 7.61. The number of nitrogens with zero attached hydrogens (tertiary/aromatic N) is 3. The average molecular weight is 456 g/mol. The summed E-state index contributed by atoms with van der Waals surface area (Å²) in [6.45, 7) is 1.50. The third-order valence-corrected chi connectivity index (χ3v) is 5.23. The molecule has 162 valence electrons. The van der Waals surface area contributed by atoms with Gasteiger partial charge in [0.1, 0.15) is 18.0 Å². The molecule has 2 atom stereocenters. The number of benzene rings is 2. The maximum atomic E-state index is 14.3. The van der Waals surface area contributed by atoms with Gasteiger partial charge in [-0.25, -0.2) is 4.39 Å². The zero-order valence-electron chi connectivity index (χ0n) is 15.8. The van der Waals surface area contributed by atoms with E-state index in [-0.39, 0.29) is 27.7 Å². The molecule has 0 bridgehead atoms. The number of aromatic nitrogens is 3. The normalized spacial score (nSPS) is 18.3. The van der Waals surface area contributed by atoms with Crippen LogP contribution in [0.15, 0.2) is 36.4 Å². The second-order valence-electron chi connectivity index (χ2n) is 6.97. The Bertz CT molecular complexity index is 1180. The van der Waals surface area contributed by atoms with E-state index in [9.17, 15) is 27.5 Å². The number of hydrogen-bond acceptors (Lipinski definition) is 4.